The SMILES string of the molecule is CCCC1CC(=O)NC2CC(NC(=O)c3ccc([N+](=O)[O-])cc3)CCC12. The lowest BCUT2D eigenvalue weighted by atomic mass is 9.70. The molecule has 1 aromatic rings. The number of nitrogens with one attached hydrogen (secondary N) is 2. The zero-order valence-electron chi connectivity index (χ0n) is 14.9. The van der Waals surface area contributed by atoms with E-state index in [9.17, 15) is 19.7 Å². The van der Waals surface area contributed by atoms with E-state index in [1.54, 1.807) is 0 Å². The van der Waals surface area contributed by atoms with Gasteiger partial charge in [-0.15, -0.1) is 0 Å². The quantitative estimate of drug-likeness (QED) is 0.623. The van der Waals surface area contributed by atoms with Crippen LogP contribution in [0, 0.1) is 22.0 Å². The largest absolute Gasteiger partial charge is 0.353 e. The number of non-ortho nitro benzene ring substituents is 1. The molecular formula is C19H25N3O4. The summed E-state index contributed by atoms with van der Waals surface area (Å²) in [7, 11) is 0. The number of benzene rings is 1. The average Bonchev–Trinajstić information content (AvgIpc) is 2.61. The number of piperidine rings is 1. The summed E-state index contributed by atoms with van der Waals surface area (Å²) in [4.78, 5) is 34.6. The van der Waals surface area contributed by atoms with E-state index in [-0.39, 0.29) is 29.6 Å². The third-order valence-corrected chi connectivity index (χ3v) is 5.64. The minimum atomic E-state index is -0.485. The van der Waals surface area contributed by atoms with Gasteiger partial charge in [0.25, 0.3) is 11.6 Å². The molecule has 0 radical (unpaired) electrons. The minimum Gasteiger partial charge on any atom is -0.353 e. The monoisotopic (exact) mass is 359 g/mol. The van der Waals surface area contributed by atoms with Gasteiger partial charge in [-0.3, -0.25) is 19.7 Å². The smallest absolute Gasteiger partial charge is 0.269 e. The molecule has 1 aliphatic heterocycles. The third-order valence-electron chi connectivity index (χ3n) is 5.64. The van der Waals surface area contributed by atoms with Crippen molar-refractivity contribution in [1.82, 2.24) is 10.6 Å². The number of amides is 2. The van der Waals surface area contributed by atoms with Gasteiger partial charge >= 0.3 is 0 Å². The van der Waals surface area contributed by atoms with Crippen molar-refractivity contribution in [2.75, 3.05) is 0 Å². The molecule has 7 heteroatoms. The maximum atomic E-state index is 12.4. The van der Waals surface area contributed by atoms with E-state index in [1.165, 1.54) is 24.3 Å². The van der Waals surface area contributed by atoms with E-state index in [0.717, 1.165) is 32.1 Å². The summed E-state index contributed by atoms with van der Waals surface area (Å²) in [6.45, 7) is 2.15. The Labute approximate surface area is 152 Å². The number of nitro groups is 1. The van der Waals surface area contributed by atoms with Crippen molar-refractivity contribution < 1.29 is 14.5 Å². The molecule has 4 atom stereocenters. The Kier molecular flexibility index (Phi) is 5.54. The van der Waals surface area contributed by atoms with Gasteiger partial charge in [0.2, 0.25) is 5.91 Å². The second-order valence-corrected chi connectivity index (χ2v) is 7.38. The first-order valence-corrected chi connectivity index (χ1v) is 9.32. The second-order valence-electron chi connectivity index (χ2n) is 7.38. The lowest BCUT2D eigenvalue weighted by molar-refractivity contribution is -0.384. The molecule has 1 aliphatic carbocycles. The fraction of sp³-hybridized carbons (Fsp3) is 0.579. The fourth-order valence-electron chi connectivity index (χ4n) is 4.40. The van der Waals surface area contributed by atoms with Crippen molar-refractivity contribution in [3.05, 3.63) is 39.9 Å². The molecule has 1 aromatic carbocycles. The van der Waals surface area contributed by atoms with Gasteiger partial charge in [-0.05, 0) is 49.7 Å². The van der Waals surface area contributed by atoms with Crippen LogP contribution in [0.5, 0.6) is 0 Å². The van der Waals surface area contributed by atoms with E-state index in [4.69, 9.17) is 0 Å². The Hall–Kier alpha value is -2.44. The molecule has 2 N–H and O–H groups in total. The molecule has 7 nitrogen and oxygen atoms in total. The zero-order valence-corrected chi connectivity index (χ0v) is 14.9. The molecule has 0 spiro atoms. The van der Waals surface area contributed by atoms with Gasteiger partial charge in [-0.25, -0.2) is 0 Å². The zero-order chi connectivity index (χ0) is 18.7. The van der Waals surface area contributed by atoms with E-state index in [2.05, 4.69) is 17.6 Å². The molecule has 1 heterocycles. The summed E-state index contributed by atoms with van der Waals surface area (Å²) in [5.41, 5.74) is 0.378. The predicted molar refractivity (Wildman–Crippen MR) is 96.6 cm³/mol. The first-order chi connectivity index (χ1) is 12.5. The second kappa shape index (κ2) is 7.85. The van der Waals surface area contributed by atoms with Crippen LogP contribution in [0.3, 0.4) is 0 Å². The Balaban J connectivity index is 1.60. The number of hydrogen-bond donors (Lipinski definition) is 2. The topological polar surface area (TPSA) is 101 Å². The summed E-state index contributed by atoms with van der Waals surface area (Å²) in [6, 6.07) is 5.76. The molecule has 1 saturated carbocycles. The molecule has 2 aliphatic rings. The maximum Gasteiger partial charge on any atom is 0.269 e. The Bertz CT molecular complexity index is 689. The molecule has 26 heavy (non-hydrogen) atoms. The van der Waals surface area contributed by atoms with Crippen LogP contribution < -0.4 is 10.6 Å². The molecule has 2 fully saturated rings. The standard InChI is InChI=1S/C19H25N3O4/c1-2-3-13-10-18(23)21-17-11-14(6-9-16(13)17)20-19(24)12-4-7-15(8-5-12)22(25)26/h4-5,7-8,13-14,16-17H,2-3,6,9-11H2,1H3,(H,20,24)(H,21,23). The average molecular weight is 359 g/mol. The van der Waals surface area contributed by atoms with Gasteiger partial charge in [-0.1, -0.05) is 13.3 Å². The van der Waals surface area contributed by atoms with E-state index >= 15 is 0 Å². The Morgan fingerprint density at radius 2 is 2.04 bits per heavy atom. The number of carbonyl (C=O) groups is 2. The molecule has 3 rings (SSSR count). The Morgan fingerprint density at radius 3 is 2.69 bits per heavy atom. The van der Waals surface area contributed by atoms with Gasteiger partial charge in [0.15, 0.2) is 0 Å². The number of nitro benzene ring substituents is 1. The molecule has 4 unspecified atom stereocenters. The summed E-state index contributed by atoms with van der Waals surface area (Å²) in [5, 5.41) is 16.8. The lowest BCUT2D eigenvalue weighted by Crippen LogP contribution is -2.55. The van der Waals surface area contributed by atoms with Crippen molar-refractivity contribution >= 4 is 17.5 Å². The molecule has 140 valence electrons. The van der Waals surface area contributed by atoms with Crippen LogP contribution in [0.25, 0.3) is 0 Å². The molecule has 0 aromatic heterocycles. The third kappa shape index (κ3) is 4.03. The van der Waals surface area contributed by atoms with Gasteiger partial charge in [-0.2, -0.15) is 0 Å². The maximum absolute atomic E-state index is 12.4. The molecular weight excluding hydrogens is 334 g/mol. The number of carbonyl (C=O) groups excluding carboxylic acids is 2. The van der Waals surface area contributed by atoms with E-state index < -0.39 is 4.92 Å². The highest BCUT2D eigenvalue weighted by Gasteiger charge is 2.40. The summed E-state index contributed by atoms with van der Waals surface area (Å²) in [6.07, 6.45) is 5.43. The van der Waals surface area contributed by atoms with Crippen molar-refractivity contribution in [2.45, 2.75) is 57.5 Å². The summed E-state index contributed by atoms with van der Waals surface area (Å²) < 4.78 is 0. The Morgan fingerprint density at radius 1 is 1.31 bits per heavy atom. The van der Waals surface area contributed by atoms with Crippen molar-refractivity contribution in [1.29, 1.82) is 0 Å². The number of rotatable bonds is 5. The van der Waals surface area contributed by atoms with Gasteiger partial charge < -0.3 is 10.6 Å². The van der Waals surface area contributed by atoms with Gasteiger partial charge in [0.05, 0.1) is 4.92 Å². The van der Waals surface area contributed by atoms with E-state index in [1.807, 2.05) is 0 Å². The van der Waals surface area contributed by atoms with Crippen molar-refractivity contribution in [2.24, 2.45) is 11.8 Å². The van der Waals surface area contributed by atoms with Crippen LogP contribution in [-0.2, 0) is 4.79 Å². The summed E-state index contributed by atoms with van der Waals surface area (Å²) >= 11 is 0. The highest BCUT2D eigenvalue weighted by molar-refractivity contribution is 5.94. The van der Waals surface area contributed by atoms with Gasteiger partial charge in [0, 0.05) is 36.2 Å². The fourth-order valence-corrected chi connectivity index (χ4v) is 4.40. The highest BCUT2D eigenvalue weighted by Crippen LogP contribution is 2.37. The molecule has 2 amide bonds. The lowest BCUT2D eigenvalue weighted by Gasteiger charge is -2.44. The van der Waals surface area contributed by atoms with Crippen LogP contribution >= 0.6 is 0 Å². The summed E-state index contributed by atoms with van der Waals surface area (Å²) in [5.74, 6) is 0.841. The van der Waals surface area contributed by atoms with Crippen LogP contribution in [0.15, 0.2) is 24.3 Å². The number of nitrogens with zero attached hydrogens (tertiary/aromatic N) is 1. The van der Waals surface area contributed by atoms with E-state index in [0.29, 0.717) is 23.8 Å². The molecule has 0 bridgehead atoms. The predicted octanol–water partition coefficient (Wildman–Crippen LogP) is 2.80. The molecule has 1 saturated heterocycles. The first kappa shape index (κ1) is 18.4. The minimum absolute atomic E-state index is 0.0135. The van der Waals surface area contributed by atoms with Crippen molar-refractivity contribution in [3.8, 4) is 0 Å². The van der Waals surface area contributed by atoms with Crippen LogP contribution in [-0.4, -0.2) is 28.8 Å². The number of fused-ring (bicyclic) bond motifs is 1. The van der Waals surface area contributed by atoms with Crippen molar-refractivity contribution in [3.63, 3.8) is 0 Å². The number of hydrogen-bond acceptors (Lipinski definition) is 4. The van der Waals surface area contributed by atoms with Crippen LogP contribution in [0.4, 0.5) is 5.69 Å². The first-order valence-electron chi connectivity index (χ1n) is 9.32. The highest BCUT2D eigenvalue weighted by atomic mass is 16.6. The van der Waals surface area contributed by atoms with Crippen LogP contribution in [0.2, 0.25) is 0 Å². The normalized spacial score (nSPS) is 28.0. The van der Waals surface area contributed by atoms with Gasteiger partial charge in [0.1, 0.15) is 0 Å². The van der Waals surface area contributed by atoms with Crippen LogP contribution in [0.1, 0.15) is 55.8 Å².